The summed E-state index contributed by atoms with van der Waals surface area (Å²) in [5.74, 6) is 0.912. The number of aryl methyl sites for hydroxylation is 1. The van der Waals surface area contributed by atoms with Gasteiger partial charge in [-0.2, -0.15) is 4.57 Å². The van der Waals surface area contributed by atoms with E-state index in [-0.39, 0.29) is 0 Å². The molecule has 0 aliphatic heterocycles. The number of imidazole rings is 1. The Morgan fingerprint density at radius 2 is 1.75 bits per heavy atom. The second kappa shape index (κ2) is 6.21. The molecule has 0 amide bonds. The van der Waals surface area contributed by atoms with Gasteiger partial charge < -0.3 is 4.98 Å². The molecule has 0 aliphatic rings. The number of H-pyrrole nitrogens is 1. The lowest BCUT2D eigenvalue weighted by atomic mass is 10.2. The fourth-order valence-electron chi connectivity index (χ4n) is 2.92. The molecule has 3 nitrogen and oxygen atoms in total. The van der Waals surface area contributed by atoms with Crippen LogP contribution in [0.15, 0.2) is 71.5 Å². The quantitative estimate of drug-likeness (QED) is 0.517. The molecule has 2 heterocycles. The predicted molar refractivity (Wildman–Crippen MR) is 99.7 cm³/mol. The summed E-state index contributed by atoms with van der Waals surface area (Å²) in [6, 6.07) is 18.6. The number of aromatic amines is 1. The lowest BCUT2D eigenvalue weighted by molar-refractivity contribution is -0.687. The first-order valence-electron chi connectivity index (χ1n) is 7.88. The van der Waals surface area contributed by atoms with Crippen molar-refractivity contribution < 1.29 is 4.57 Å². The van der Waals surface area contributed by atoms with Crippen LogP contribution < -0.4 is 4.57 Å². The topological polar surface area (TPSA) is 32.6 Å². The minimum atomic E-state index is 0.837. The summed E-state index contributed by atoms with van der Waals surface area (Å²) < 4.78 is 3.30. The largest absolute Gasteiger partial charge is 0.333 e. The Kier molecular flexibility index (Phi) is 3.90. The number of pyridine rings is 1. The van der Waals surface area contributed by atoms with Gasteiger partial charge in [-0.25, -0.2) is 4.98 Å². The molecule has 1 N–H and O–H groups in total. The Labute approximate surface area is 149 Å². The molecule has 118 valence electrons. The lowest BCUT2D eigenvalue weighted by Crippen LogP contribution is -2.33. The third-order valence-electron chi connectivity index (χ3n) is 4.09. The maximum Gasteiger partial charge on any atom is 0.195 e. The van der Waals surface area contributed by atoms with Crippen LogP contribution in [0.4, 0.5) is 0 Å². The molecule has 4 rings (SSSR count). The third kappa shape index (κ3) is 2.97. The van der Waals surface area contributed by atoms with Crippen molar-refractivity contribution in [3.63, 3.8) is 0 Å². The molecule has 0 atom stereocenters. The standard InChI is InChI=1S/C20H16BrN3/c1-14-11-24(12-15-7-9-17(21)10-8-15)13-18-19(14)23-20(22-18)16-5-3-2-4-6-16/h2-11,13H,12H2,1H3/p+1. The molecule has 0 saturated carbocycles. The van der Waals surface area contributed by atoms with E-state index in [4.69, 9.17) is 4.98 Å². The van der Waals surface area contributed by atoms with E-state index in [1.807, 2.05) is 18.2 Å². The Balaban J connectivity index is 1.72. The molecule has 2 aromatic carbocycles. The number of nitrogens with zero attached hydrogens (tertiary/aromatic N) is 2. The van der Waals surface area contributed by atoms with Gasteiger partial charge in [0.1, 0.15) is 16.9 Å². The highest BCUT2D eigenvalue weighted by atomic mass is 79.9. The van der Waals surface area contributed by atoms with Crippen molar-refractivity contribution in [3.05, 3.63) is 82.6 Å². The predicted octanol–water partition coefficient (Wildman–Crippen LogP) is 4.64. The van der Waals surface area contributed by atoms with Crippen LogP contribution in [0.3, 0.4) is 0 Å². The van der Waals surface area contributed by atoms with Gasteiger partial charge in [-0.15, -0.1) is 0 Å². The van der Waals surface area contributed by atoms with Crippen molar-refractivity contribution in [1.29, 1.82) is 0 Å². The van der Waals surface area contributed by atoms with Gasteiger partial charge in [0, 0.05) is 21.2 Å². The molecular formula is C20H17BrN3+. The van der Waals surface area contributed by atoms with Crippen LogP contribution >= 0.6 is 15.9 Å². The summed E-state index contributed by atoms with van der Waals surface area (Å²) in [6.45, 7) is 2.94. The van der Waals surface area contributed by atoms with Gasteiger partial charge in [-0.3, -0.25) is 0 Å². The summed E-state index contributed by atoms with van der Waals surface area (Å²) in [7, 11) is 0. The zero-order valence-corrected chi connectivity index (χ0v) is 14.9. The number of hydrogen-bond donors (Lipinski definition) is 1. The van der Waals surface area contributed by atoms with Crippen LogP contribution in [0.1, 0.15) is 11.1 Å². The Morgan fingerprint density at radius 1 is 1.00 bits per heavy atom. The van der Waals surface area contributed by atoms with Gasteiger partial charge in [-0.1, -0.05) is 58.4 Å². The molecule has 0 aliphatic carbocycles. The van der Waals surface area contributed by atoms with Crippen LogP contribution in [0.2, 0.25) is 0 Å². The van der Waals surface area contributed by atoms with Crippen LogP contribution in [-0.2, 0) is 6.54 Å². The SMILES string of the molecule is Cc1c[n+](Cc2ccc(Br)cc2)cc2[nH]c(-c3ccccc3)nc12. The number of benzene rings is 2. The lowest BCUT2D eigenvalue weighted by Gasteiger charge is -2.00. The first kappa shape index (κ1) is 15.1. The van der Waals surface area contributed by atoms with E-state index in [0.717, 1.165) is 33.4 Å². The molecule has 0 saturated heterocycles. The van der Waals surface area contributed by atoms with Crippen LogP contribution in [0.25, 0.3) is 22.4 Å². The van der Waals surface area contributed by atoms with Gasteiger partial charge in [-0.05, 0) is 19.1 Å². The van der Waals surface area contributed by atoms with Crippen LogP contribution in [0.5, 0.6) is 0 Å². The van der Waals surface area contributed by atoms with E-state index in [1.54, 1.807) is 0 Å². The van der Waals surface area contributed by atoms with Crippen molar-refractivity contribution in [2.45, 2.75) is 13.5 Å². The van der Waals surface area contributed by atoms with Gasteiger partial charge >= 0.3 is 0 Å². The minimum absolute atomic E-state index is 0.837. The van der Waals surface area contributed by atoms with Gasteiger partial charge in [0.15, 0.2) is 18.9 Å². The minimum Gasteiger partial charge on any atom is -0.333 e. The van der Waals surface area contributed by atoms with Crippen molar-refractivity contribution >= 4 is 27.0 Å². The highest BCUT2D eigenvalue weighted by Crippen LogP contribution is 2.21. The maximum atomic E-state index is 4.77. The number of halogens is 1. The van der Waals surface area contributed by atoms with Gasteiger partial charge in [0.25, 0.3) is 0 Å². The number of aromatic nitrogens is 3. The maximum absolute atomic E-state index is 4.77. The van der Waals surface area contributed by atoms with E-state index in [9.17, 15) is 0 Å². The fourth-order valence-corrected chi connectivity index (χ4v) is 3.18. The highest BCUT2D eigenvalue weighted by Gasteiger charge is 2.13. The molecule has 0 spiro atoms. The van der Waals surface area contributed by atoms with E-state index in [1.165, 1.54) is 11.1 Å². The van der Waals surface area contributed by atoms with Gasteiger partial charge in [0.05, 0.1) is 0 Å². The summed E-state index contributed by atoms with van der Waals surface area (Å²) in [4.78, 5) is 8.22. The molecule has 0 bridgehead atoms. The second-order valence-corrected chi connectivity index (χ2v) is 6.87. The van der Waals surface area contributed by atoms with Crippen molar-refractivity contribution in [2.24, 2.45) is 0 Å². The first-order chi connectivity index (χ1) is 11.7. The van der Waals surface area contributed by atoms with Crippen molar-refractivity contribution in [2.75, 3.05) is 0 Å². The normalized spacial score (nSPS) is 11.1. The van der Waals surface area contributed by atoms with Crippen molar-refractivity contribution in [3.8, 4) is 11.4 Å². The first-order valence-corrected chi connectivity index (χ1v) is 8.67. The number of fused-ring (bicyclic) bond motifs is 1. The zero-order chi connectivity index (χ0) is 16.5. The summed E-state index contributed by atoms with van der Waals surface area (Å²) in [6.07, 6.45) is 4.28. The fraction of sp³-hybridized carbons (Fsp3) is 0.100. The molecule has 0 fully saturated rings. The van der Waals surface area contributed by atoms with Gasteiger partial charge in [0.2, 0.25) is 0 Å². The molecule has 0 unspecified atom stereocenters. The van der Waals surface area contributed by atoms with E-state index in [0.29, 0.717) is 0 Å². The average molecular weight is 379 g/mol. The average Bonchev–Trinajstić information content (AvgIpc) is 3.03. The zero-order valence-electron chi connectivity index (χ0n) is 13.3. The Bertz CT molecular complexity index is 989. The monoisotopic (exact) mass is 378 g/mol. The molecule has 4 aromatic rings. The number of rotatable bonds is 3. The highest BCUT2D eigenvalue weighted by molar-refractivity contribution is 9.10. The third-order valence-corrected chi connectivity index (χ3v) is 4.61. The molecule has 4 heteroatoms. The van der Waals surface area contributed by atoms with E-state index in [2.05, 4.69) is 81.2 Å². The Morgan fingerprint density at radius 3 is 2.50 bits per heavy atom. The molecule has 2 aromatic heterocycles. The van der Waals surface area contributed by atoms with E-state index >= 15 is 0 Å². The molecule has 0 radical (unpaired) electrons. The number of nitrogens with one attached hydrogen (secondary N) is 1. The van der Waals surface area contributed by atoms with Crippen LogP contribution in [0, 0.1) is 6.92 Å². The molecular weight excluding hydrogens is 362 g/mol. The van der Waals surface area contributed by atoms with Crippen LogP contribution in [-0.4, -0.2) is 9.97 Å². The second-order valence-electron chi connectivity index (χ2n) is 5.95. The smallest absolute Gasteiger partial charge is 0.195 e. The summed E-state index contributed by atoms with van der Waals surface area (Å²) >= 11 is 3.48. The molecule has 24 heavy (non-hydrogen) atoms. The summed E-state index contributed by atoms with van der Waals surface area (Å²) in [5.41, 5.74) is 5.63. The Hall–Kier alpha value is -2.46. The summed E-state index contributed by atoms with van der Waals surface area (Å²) in [5, 5.41) is 0. The number of hydrogen-bond acceptors (Lipinski definition) is 1. The van der Waals surface area contributed by atoms with Crippen molar-refractivity contribution in [1.82, 2.24) is 9.97 Å². The van der Waals surface area contributed by atoms with E-state index < -0.39 is 0 Å².